The molecular formula is C13H16N2O3. The van der Waals surface area contributed by atoms with Crippen LogP contribution in [0.1, 0.15) is 35.4 Å². The third-order valence-corrected chi connectivity index (χ3v) is 2.98. The Morgan fingerprint density at radius 1 is 1.44 bits per heavy atom. The van der Waals surface area contributed by atoms with Gasteiger partial charge in [0.2, 0.25) is 5.91 Å². The van der Waals surface area contributed by atoms with E-state index in [1.54, 1.807) is 17.0 Å². The van der Waals surface area contributed by atoms with Crippen molar-refractivity contribution in [1.29, 1.82) is 0 Å². The summed E-state index contributed by atoms with van der Waals surface area (Å²) in [5, 5.41) is 0. The number of carbonyl (C=O) groups is 2. The topological polar surface area (TPSA) is 59.5 Å². The van der Waals surface area contributed by atoms with Crippen LogP contribution in [0.25, 0.3) is 0 Å². The van der Waals surface area contributed by atoms with E-state index >= 15 is 0 Å². The SMILES string of the molecule is COC(=O)c1cccc(CN2CCCCC2=O)n1. The van der Waals surface area contributed by atoms with Crippen LogP contribution >= 0.6 is 0 Å². The Balaban J connectivity index is 2.09. The summed E-state index contributed by atoms with van der Waals surface area (Å²) in [7, 11) is 1.32. The molecule has 0 saturated carbocycles. The van der Waals surface area contributed by atoms with Crippen LogP contribution in [-0.2, 0) is 16.1 Å². The number of nitrogens with zero attached hydrogens (tertiary/aromatic N) is 2. The monoisotopic (exact) mass is 248 g/mol. The van der Waals surface area contributed by atoms with Gasteiger partial charge in [0.05, 0.1) is 19.3 Å². The minimum absolute atomic E-state index is 0.159. The van der Waals surface area contributed by atoms with Gasteiger partial charge in [0.1, 0.15) is 5.69 Å². The van der Waals surface area contributed by atoms with E-state index in [0.29, 0.717) is 18.7 Å². The third kappa shape index (κ3) is 2.85. The van der Waals surface area contributed by atoms with Crippen molar-refractivity contribution in [3.63, 3.8) is 0 Å². The fraction of sp³-hybridized carbons (Fsp3) is 0.462. The van der Waals surface area contributed by atoms with Crippen LogP contribution in [0, 0.1) is 0 Å². The zero-order chi connectivity index (χ0) is 13.0. The number of likely N-dealkylation sites (tertiary alicyclic amines) is 1. The summed E-state index contributed by atoms with van der Waals surface area (Å²) in [4.78, 5) is 29.0. The lowest BCUT2D eigenvalue weighted by Gasteiger charge is -2.26. The number of piperidine rings is 1. The van der Waals surface area contributed by atoms with Gasteiger partial charge in [-0.05, 0) is 25.0 Å². The molecule has 0 aliphatic carbocycles. The largest absolute Gasteiger partial charge is 0.464 e. The second-order valence-corrected chi connectivity index (χ2v) is 4.28. The molecule has 1 saturated heterocycles. The predicted molar refractivity (Wildman–Crippen MR) is 64.8 cm³/mol. The van der Waals surface area contributed by atoms with E-state index in [9.17, 15) is 9.59 Å². The lowest BCUT2D eigenvalue weighted by atomic mass is 10.1. The fourth-order valence-electron chi connectivity index (χ4n) is 2.01. The molecule has 1 fully saturated rings. The molecule has 0 spiro atoms. The lowest BCUT2D eigenvalue weighted by molar-refractivity contribution is -0.133. The molecule has 0 N–H and O–H groups in total. The Labute approximate surface area is 106 Å². The zero-order valence-corrected chi connectivity index (χ0v) is 10.4. The molecule has 0 atom stereocenters. The number of rotatable bonds is 3. The maximum absolute atomic E-state index is 11.7. The Morgan fingerprint density at radius 2 is 2.28 bits per heavy atom. The first-order chi connectivity index (χ1) is 8.70. The first-order valence-electron chi connectivity index (χ1n) is 6.03. The highest BCUT2D eigenvalue weighted by atomic mass is 16.5. The van der Waals surface area contributed by atoms with Crippen molar-refractivity contribution >= 4 is 11.9 Å². The molecule has 5 nitrogen and oxygen atoms in total. The van der Waals surface area contributed by atoms with Crippen molar-refractivity contribution in [2.45, 2.75) is 25.8 Å². The molecular weight excluding hydrogens is 232 g/mol. The smallest absolute Gasteiger partial charge is 0.356 e. The van der Waals surface area contributed by atoms with Gasteiger partial charge in [-0.3, -0.25) is 4.79 Å². The molecule has 96 valence electrons. The van der Waals surface area contributed by atoms with Gasteiger partial charge in [-0.2, -0.15) is 0 Å². The summed E-state index contributed by atoms with van der Waals surface area (Å²) < 4.78 is 4.62. The van der Waals surface area contributed by atoms with Crippen molar-refractivity contribution < 1.29 is 14.3 Å². The minimum Gasteiger partial charge on any atom is -0.464 e. The van der Waals surface area contributed by atoms with Gasteiger partial charge in [-0.1, -0.05) is 6.07 Å². The average molecular weight is 248 g/mol. The van der Waals surface area contributed by atoms with Crippen molar-refractivity contribution in [3.05, 3.63) is 29.6 Å². The van der Waals surface area contributed by atoms with Crippen LogP contribution in [0.4, 0.5) is 0 Å². The molecule has 1 aromatic heterocycles. The number of hydrogen-bond acceptors (Lipinski definition) is 4. The fourth-order valence-corrected chi connectivity index (χ4v) is 2.01. The zero-order valence-electron chi connectivity index (χ0n) is 10.4. The summed E-state index contributed by atoms with van der Waals surface area (Å²) in [6.45, 7) is 1.23. The van der Waals surface area contributed by atoms with Crippen LogP contribution < -0.4 is 0 Å². The predicted octanol–water partition coefficient (Wildman–Crippen LogP) is 1.38. The molecule has 0 aromatic carbocycles. The van der Waals surface area contributed by atoms with E-state index in [1.165, 1.54) is 7.11 Å². The number of amides is 1. The Morgan fingerprint density at radius 3 is 3.00 bits per heavy atom. The number of ether oxygens (including phenoxy) is 1. The summed E-state index contributed by atoms with van der Waals surface area (Å²) >= 11 is 0. The molecule has 0 unspecified atom stereocenters. The molecule has 1 aromatic rings. The first kappa shape index (κ1) is 12.5. The van der Waals surface area contributed by atoms with E-state index in [4.69, 9.17) is 0 Å². The number of carbonyl (C=O) groups excluding carboxylic acids is 2. The number of aromatic nitrogens is 1. The van der Waals surface area contributed by atoms with Crippen molar-refractivity contribution in [1.82, 2.24) is 9.88 Å². The molecule has 18 heavy (non-hydrogen) atoms. The van der Waals surface area contributed by atoms with E-state index in [1.807, 2.05) is 6.07 Å². The van der Waals surface area contributed by atoms with Gasteiger partial charge in [0.25, 0.3) is 0 Å². The van der Waals surface area contributed by atoms with Crippen LogP contribution in [-0.4, -0.2) is 35.4 Å². The van der Waals surface area contributed by atoms with E-state index in [2.05, 4.69) is 9.72 Å². The summed E-state index contributed by atoms with van der Waals surface area (Å²) in [5.74, 6) is -0.298. The highest BCUT2D eigenvalue weighted by molar-refractivity contribution is 5.87. The van der Waals surface area contributed by atoms with E-state index in [0.717, 1.165) is 19.4 Å². The normalized spacial score (nSPS) is 15.6. The minimum atomic E-state index is -0.457. The van der Waals surface area contributed by atoms with Crippen molar-refractivity contribution in [2.24, 2.45) is 0 Å². The first-order valence-corrected chi connectivity index (χ1v) is 6.03. The summed E-state index contributed by atoms with van der Waals surface area (Å²) in [6.07, 6.45) is 2.60. The van der Waals surface area contributed by atoms with E-state index < -0.39 is 5.97 Å². The second-order valence-electron chi connectivity index (χ2n) is 4.28. The number of esters is 1. The van der Waals surface area contributed by atoms with Crippen LogP contribution in [0.5, 0.6) is 0 Å². The molecule has 2 rings (SSSR count). The Hall–Kier alpha value is -1.91. The standard InChI is InChI=1S/C13H16N2O3/c1-18-13(17)11-6-4-5-10(14-11)9-15-8-3-2-7-12(15)16/h4-6H,2-3,7-9H2,1H3. The molecule has 0 bridgehead atoms. The highest BCUT2D eigenvalue weighted by Gasteiger charge is 2.19. The van der Waals surface area contributed by atoms with Crippen molar-refractivity contribution in [2.75, 3.05) is 13.7 Å². The van der Waals surface area contributed by atoms with Gasteiger partial charge >= 0.3 is 5.97 Å². The number of methoxy groups -OCH3 is 1. The van der Waals surface area contributed by atoms with E-state index in [-0.39, 0.29) is 11.6 Å². The molecule has 1 amide bonds. The highest BCUT2D eigenvalue weighted by Crippen LogP contribution is 2.13. The van der Waals surface area contributed by atoms with Gasteiger partial charge in [-0.25, -0.2) is 9.78 Å². The molecule has 2 heterocycles. The molecule has 5 heteroatoms. The molecule has 1 aliphatic rings. The van der Waals surface area contributed by atoms with Crippen LogP contribution in [0.3, 0.4) is 0 Å². The lowest BCUT2D eigenvalue weighted by Crippen LogP contribution is -2.35. The number of hydrogen-bond donors (Lipinski definition) is 0. The second kappa shape index (κ2) is 5.62. The molecule has 0 radical (unpaired) electrons. The van der Waals surface area contributed by atoms with Gasteiger partial charge in [-0.15, -0.1) is 0 Å². The maximum Gasteiger partial charge on any atom is 0.356 e. The maximum atomic E-state index is 11.7. The van der Waals surface area contributed by atoms with Gasteiger partial charge in [0, 0.05) is 13.0 Å². The average Bonchev–Trinajstić information content (AvgIpc) is 2.41. The Kier molecular flexibility index (Phi) is 3.92. The van der Waals surface area contributed by atoms with Gasteiger partial charge in [0.15, 0.2) is 0 Å². The van der Waals surface area contributed by atoms with Crippen LogP contribution in [0.15, 0.2) is 18.2 Å². The Bertz CT molecular complexity index is 459. The summed E-state index contributed by atoms with van der Waals surface area (Å²) in [6, 6.07) is 5.17. The van der Waals surface area contributed by atoms with Crippen molar-refractivity contribution in [3.8, 4) is 0 Å². The van der Waals surface area contributed by atoms with Gasteiger partial charge < -0.3 is 9.64 Å². The number of pyridine rings is 1. The molecule has 1 aliphatic heterocycles. The third-order valence-electron chi connectivity index (χ3n) is 2.98. The summed E-state index contributed by atoms with van der Waals surface area (Å²) in [5.41, 5.74) is 0.993. The van der Waals surface area contributed by atoms with Crippen LogP contribution in [0.2, 0.25) is 0 Å². The quantitative estimate of drug-likeness (QED) is 0.758.